The summed E-state index contributed by atoms with van der Waals surface area (Å²) >= 11 is 0. The fourth-order valence-electron chi connectivity index (χ4n) is 7.76. The molecule has 9 unspecified atom stereocenters. The fraction of sp³-hybridized carbons (Fsp3) is 0.929. The number of fused-ring (bicyclic) bond motifs is 1. The lowest BCUT2D eigenvalue weighted by Crippen LogP contribution is -2.54. The number of carbonyl (C=O) groups excluding carboxylic acids is 2. The van der Waals surface area contributed by atoms with Crippen LogP contribution in [0, 0.1) is 11.8 Å². The van der Waals surface area contributed by atoms with Gasteiger partial charge in [-0.25, -0.2) is 8.78 Å². The Bertz CT molecular complexity index is 822. The number of hydrogen-bond acceptors (Lipinski definition) is 6. The maximum Gasteiger partial charge on any atom is 0.237 e. The number of amides is 2. The molecule has 2 aliphatic carbocycles. The van der Waals surface area contributed by atoms with E-state index in [9.17, 15) is 18.4 Å². The molecule has 216 valence electrons. The summed E-state index contributed by atoms with van der Waals surface area (Å²) in [5, 5.41) is 6.56. The molecule has 8 nitrogen and oxygen atoms in total. The molecule has 3 saturated heterocycles. The molecule has 0 bridgehead atoms. The van der Waals surface area contributed by atoms with Gasteiger partial charge in [0.1, 0.15) is 12.3 Å². The molecular weight excluding hydrogens is 490 g/mol. The molecule has 2 amide bonds. The summed E-state index contributed by atoms with van der Waals surface area (Å²) in [6.45, 7) is 8.26. The topological polar surface area (TPSA) is 71.2 Å². The SMILES string of the molecule is CC1CCC(F)C2CC(C(=O)NC3CC(F)CC(N4CCC(N5CCN(CC(=O)N(C)C)CC5)C4)C3)NC12. The molecule has 0 aromatic rings. The summed E-state index contributed by atoms with van der Waals surface area (Å²) in [5.41, 5.74) is 0. The molecular formula is C28H48F2N6O2. The quantitative estimate of drug-likeness (QED) is 0.531. The van der Waals surface area contributed by atoms with E-state index in [-0.39, 0.29) is 41.9 Å². The van der Waals surface area contributed by atoms with Gasteiger partial charge in [-0.2, -0.15) is 0 Å². The molecule has 10 heteroatoms. The Kier molecular flexibility index (Phi) is 8.92. The molecule has 5 aliphatic rings. The van der Waals surface area contributed by atoms with Crippen LogP contribution in [0.1, 0.15) is 51.9 Å². The van der Waals surface area contributed by atoms with Crippen molar-refractivity contribution in [1.29, 1.82) is 0 Å². The van der Waals surface area contributed by atoms with Crippen molar-refractivity contribution in [3.8, 4) is 0 Å². The van der Waals surface area contributed by atoms with Crippen LogP contribution in [0.2, 0.25) is 0 Å². The first-order valence-electron chi connectivity index (χ1n) is 14.9. The van der Waals surface area contributed by atoms with Crippen LogP contribution in [-0.2, 0) is 9.59 Å². The standard InChI is InChI=1S/C28H48F2N6O2/c1-18-4-5-24(30)23-15-25(32-27(18)23)28(38)31-20-12-19(29)13-22(14-20)36-7-6-21(16-36)35-10-8-34(9-11-35)17-26(37)33(2)3/h18-25,27,32H,4-17H2,1-3H3,(H,31,38). The minimum absolute atomic E-state index is 0.0689. The minimum atomic E-state index is -0.912. The van der Waals surface area contributed by atoms with Gasteiger partial charge in [-0.05, 0) is 50.9 Å². The molecule has 3 heterocycles. The average Bonchev–Trinajstić information content (AvgIpc) is 3.55. The van der Waals surface area contributed by atoms with Gasteiger partial charge in [-0.1, -0.05) is 6.92 Å². The Morgan fingerprint density at radius 3 is 2.39 bits per heavy atom. The number of piperazine rings is 1. The molecule has 3 aliphatic heterocycles. The van der Waals surface area contributed by atoms with Gasteiger partial charge >= 0.3 is 0 Å². The molecule has 38 heavy (non-hydrogen) atoms. The zero-order chi connectivity index (χ0) is 27.0. The number of nitrogens with one attached hydrogen (secondary N) is 2. The summed E-state index contributed by atoms with van der Waals surface area (Å²) in [4.78, 5) is 34.0. The molecule has 5 fully saturated rings. The lowest BCUT2D eigenvalue weighted by molar-refractivity contribution is -0.130. The second-order valence-corrected chi connectivity index (χ2v) is 12.9. The molecule has 9 atom stereocenters. The van der Waals surface area contributed by atoms with Gasteiger partial charge in [0.2, 0.25) is 11.8 Å². The van der Waals surface area contributed by atoms with E-state index in [2.05, 4.69) is 32.3 Å². The lowest BCUT2D eigenvalue weighted by atomic mass is 9.77. The van der Waals surface area contributed by atoms with Crippen molar-refractivity contribution in [3.05, 3.63) is 0 Å². The second-order valence-electron chi connectivity index (χ2n) is 12.9. The maximum absolute atomic E-state index is 14.9. The van der Waals surface area contributed by atoms with E-state index >= 15 is 0 Å². The summed E-state index contributed by atoms with van der Waals surface area (Å²) in [7, 11) is 3.60. The van der Waals surface area contributed by atoms with Gasteiger partial charge < -0.3 is 15.5 Å². The smallest absolute Gasteiger partial charge is 0.237 e. The van der Waals surface area contributed by atoms with Gasteiger partial charge in [0, 0.05) is 83.4 Å². The zero-order valence-corrected chi connectivity index (χ0v) is 23.5. The molecule has 5 rings (SSSR count). The number of carbonyl (C=O) groups is 2. The highest BCUT2D eigenvalue weighted by Gasteiger charge is 2.47. The van der Waals surface area contributed by atoms with Crippen molar-refractivity contribution in [2.45, 2.75) is 94.4 Å². The van der Waals surface area contributed by atoms with Gasteiger partial charge in [0.25, 0.3) is 0 Å². The first kappa shape index (κ1) is 28.2. The number of rotatable bonds is 6. The average molecular weight is 539 g/mol. The van der Waals surface area contributed by atoms with Gasteiger partial charge in [0.15, 0.2) is 0 Å². The minimum Gasteiger partial charge on any atom is -0.352 e. The predicted molar refractivity (Wildman–Crippen MR) is 143 cm³/mol. The van der Waals surface area contributed by atoms with Crippen LogP contribution in [0.15, 0.2) is 0 Å². The van der Waals surface area contributed by atoms with Crippen LogP contribution in [0.25, 0.3) is 0 Å². The third kappa shape index (κ3) is 6.34. The van der Waals surface area contributed by atoms with E-state index in [1.165, 1.54) is 0 Å². The maximum atomic E-state index is 14.9. The Hall–Kier alpha value is -1.36. The first-order chi connectivity index (χ1) is 18.2. The van der Waals surface area contributed by atoms with Gasteiger partial charge in [-0.3, -0.25) is 24.3 Å². The van der Waals surface area contributed by atoms with Crippen molar-refractivity contribution in [2.75, 3.05) is 59.9 Å². The largest absolute Gasteiger partial charge is 0.352 e. The molecule has 0 aromatic carbocycles. The summed E-state index contributed by atoms with van der Waals surface area (Å²) < 4.78 is 29.4. The monoisotopic (exact) mass is 538 g/mol. The number of nitrogens with zero attached hydrogens (tertiary/aromatic N) is 4. The number of likely N-dealkylation sites (tertiary alicyclic amines) is 1. The van der Waals surface area contributed by atoms with Crippen molar-refractivity contribution < 1.29 is 18.4 Å². The van der Waals surface area contributed by atoms with E-state index in [0.29, 0.717) is 44.2 Å². The van der Waals surface area contributed by atoms with E-state index in [0.717, 1.165) is 58.5 Å². The molecule has 2 saturated carbocycles. The molecule has 0 aromatic heterocycles. The normalized spacial score (nSPS) is 41.1. The Balaban J connectivity index is 1.09. The summed E-state index contributed by atoms with van der Waals surface area (Å²) in [5.74, 6) is 0.361. The first-order valence-corrected chi connectivity index (χ1v) is 14.9. The third-order valence-corrected chi connectivity index (χ3v) is 10.1. The number of likely N-dealkylation sites (N-methyl/N-ethyl adjacent to an activating group) is 1. The van der Waals surface area contributed by atoms with Gasteiger partial charge in [0.05, 0.1) is 12.6 Å². The van der Waals surface area contributed by atoms with Crippen LogP contribution in [0.5, 0.6) is 0 Å². The van der Waals surface area contributed by atoms with Crippen molar-refractivity contribution >= 4 is 11.8 Å². The van der Waals surface area contributed by atoms with Crippen LogP contribution >= 0.6 is 0 Å². The fourth-order valence-corrected chi connectivity index (χ4v) is 7.76. The van der Waals surface area contributed by atoms with E-state index in [4.69, 9.17) is 0 Å². The highest BCUT2D eigenvalue weighted by Crippen LogP contribution is 2.39. The van der Waals surface area contributed by atoms with Crippen LogP contribution in [0.3, 0.4) is 0 Å². The Labute approximate surface area is 226 Å². The number of alkyl halides is 2. The highest BCUT2D eigenvalue weighted by atomic mass is 19.1. The van der Waals surface area contributed by atoms with E-state index < -0.39 is 12.3 Å². The highest BCUT2D eigenvalue weighted by molar-refractivity contribution is 5.82. The van der Waals surface area contributed by atoms with Crippen molar-refractivity contribution in [1.82, 2.24) is 30.2 Å². The van der Waals surface area contributed by atoms with Crippen LogP contribution in [0.4, 0.5) is 8.78 Å². The second kappa shape index (κ2) is 12.0. The molecule has 2 N–H and O–H groups in total. The van der Waals surface area contributed by atoms with E-state index in [1.807, 2.05) is 0 Å². The summed E-state index contributed by atoms with van der Waals surface area (Å²) in [6, 6.07) is 0.138. The van der Waals surface area contributed by atoms with Crippen LogP contribution in [-0.4, -0.2) is 134 Å². The van der Waals surface area contributed by atoms with Crippen molar-refractivity contribution in [3.63, 3.8) is 0 Å². The Morgan fingerprint density at radius 1 is 0.921 bits per heavy atom. The van der Waals surface area contributed by atoms with Crippen molar-refractivity contribution in [2.24, 2.45) is 11.8 Å². The van der Waals surface area contributed by atoms with Crippen LogP contribution < -0.4 is 10.6 Å². The number of halogens is 2. The third-order valence-electron chi connectivity index (χ3n) is 10.1. The van der Waals surface area contributed by atoms with E-state index in [1.54, 1.807) is 19.0 Å². The van der Waals surface area contributed by atoms with Gasteiger partial charge in [-0.15, -0.1) is 0 Å². The summed E-state index contributed by atoms with van der Waals surface area (Å²) in [6.07, 6.45) is 3.02. The lowest BCUT2D eigenvalue weighted by Gasteiger charge is -2.40. The predicted octanol–water partition coefficient (Wildman–Crippen LogP) is 1.26. The molecule has 0 radical (unpaired) electrons. The zero-order valence-electron chi connectivity index (χ0n) is 23.5. The number of hydrogen-bond donors (Lipinski definition) is 2. The Morgan fingerprint density at radius 2 is 1.68 bits per heavy atom. The molecule has 0 spiro atoms.